The van der Waals surface area contributed by atoms with E-state index in [1.807, 2.05) is 42.5 Å². The molecular formula is C31H38N6O7S. The zero-order valence-electron chi connectivity index (χ0n) is 25.3. The van der Waals surface area contributed by atoms with Crippen molar-refractivity contribution in [2.45, 2.75) is 67.9 Å². The lowest BCUT2D eigenvalue weighted by Gasteiger charge is -2.30. The summed E-state index contributed by atoms with van der Waals surface area (Å²) in [5.41, 5.74) is 0.0109. The molecule has 0 bridgehead atoms. The van der Waals surface area contributed by atoms with Gasteiger partial charge < -0.3 is 24.6 Å². The second kappa shape index (κ2) is 12.3. The fourth-order valence-electron chi connectivity index (χ4n) is 5.98. The second-order valence-electron chi connectivity index (χ2n) is 12.2. The van der Waals surface area contributed by atoms with Crippen LogP contribution in [0.25, 0.3) is 11.3 Å². The van der Waals surface area contributed by atoms with Crippen LogP contribution in [0.3, 0.4) is 0 Å². The predicted octanol–water partition coefficient (Wildman–Crippen LogP) is 2.25. The van der Waals surface area contributed by atoms with E-state index in [0.717, 1.165) is 24.8 Å². The summed E-state index contributed by atoms with van der Waals surface area (Å²) in [5, 5.41) is 2.28. The molecule has 0 radical (unpaired) electrons. The number of hydrogen-bond donors (Lipinski definition) is 2. The molecule has 1 saturated heterocycles. The average Bonchev–Trinajstić information content (AvgIpc) is 3.95. The number of ether oxygens (including phenoxy) is 2. The molecule has 1 aromatic heterocycles. The topological polar surface area (TPSA) is 160 Å². The van der Waals surface area contributed by atoms with Gasteiger partial charge in [0.15, 0.2) is 0 Å². The van der Waals surface area contributed by atoms with Crippen molar-refractivity contribution in [3.8, 4) is 23.1 Å². The molecule has 2 aromatic rings. The Morgan fingerprint density at radius 1 is 1.13 bits per heavy atom. The normalized spacial score (nSPS) is 27.1. The van der Waals surface area contributed by atoms with Gasteiger partial charge in [0.2, 0.25) is 21.8 Å². The van der Waals surface area contributed by atoms with Gasteiger partial charge >= 0.3 is 12.0 Å². The Balaban J connectivity index is 1.26. The smallest absolute Gasteiger partial charge is 0.320 e. The Hall–Kier alpha value is -4.20. The number of hydrogen-bond acceptors (Lipinski definition) is 9. The summed E-state index contributed by atoms with van der Waals surface area (Å²) in [7, 11) is -0.665. The fraction of sp³-hybridized carbons (Fsp3) is 0.516. The lowest BCUT2D eigenvalue weighted by Crippen LogP contribution is -2.57. The number of allylic oxidation sites excluding steroid dienone is 1. The first kappa shape index (κ1) is 30.8. The maximum Gasteiger partial charge on any atom is 0.320 e. The minimum absolute atomic E-state index is 0.104. The summed E-state index contributed by atoms with van der Waals surface area (Å²) >= 11 is 0. The zero-order valence-corrected chi connectivity index (χ0v) is 26.2. The van der Waals surface area contributed by atoms with Gasteiger partial charge in [-0.3, -0.25) is 14.3 Å². The zero-order chi connectivity index (χ0) is 31.8. The highest BCUT2D eigenvalue weighted by atomic mass is 32.2. The summed E-state index contributed by atoms with van der Waals surface area (Å²) in [6, 6.07) is 9.98. The van der Waals surface area contributed by atoms with Gasteiger partial charge in [0, 0.05) is 37.6 Å². The van der Waals surface area contributed by atoms with Gasteiger partial charge in [0.05, 0.1) is 24.6 Å². The molecule has 3 fully saturated rings. The van der Waals surface area contributed by atoms with E-state index in [-0.39, 0.29) is 43.2 Å². The minimum Gasteiger partial charge on any atom is -0.472 e. The first-order chi connectivity index (χ1) is 21.6. The predicted molar refractivity (Wildman–Crippen MR) is 164 cm³/mol. The lowest BCUT2D eigenvalue weighted by atomic mass is 10.1. The van der Waals surface area contributed by atoms with Crippen molar-refractivity contribution in [1.82, 2.24) is 29.8 Å². The van der Waals surface area contributed by atoms with E-state index in [4.69, 9.17) is 9.47 Å². The number of rotatable bonds is 7. The molecule has 4 atom stereocenters. The van der Waals surface area contributed by atoms with Crippen molar-refractivity contribution in [2.24, 2.45) is 5.92 Å². The SMILES string of the molecule is COc1nc(OC2CC3C(=O)NC4(C(=O)NS(=O)(=O)C5CC5)CC4C=CCCCCN(C)C(=O)N3C2)cc(-c2ccccc2)n1. The van der Waals surface area contributed by atoms with Crippen LogP contribution in [0.5, 0.6) is 11.9 Å². The van der Waals surface area contributed by atoms with Crippen molar-refractivity contribution in [3.63, 3.8) is 0 Å². The van der Waals surface area contributed by atoms with E-state index in [2.05, 4.69) is 20.0 Å². The van der Waals surface area contributed by atoms with Gasteiger partial charge in [-0.25, -0.2) is 13.2 Å². The summed E-state index contributed by atoms with van der Waals surface area (Å²) in [6.07, 6.45) is 6.98. The van der Waals surface area contributed by atoms with E-state index in [0.29, 0.717) is 25.1 Å². The molecule has 6 rings (SSSR count). The van der Waals surface area contributed by atoms with Crippen LogP contribution >= 0.6 is 0 Å². The first-order valence-corrected chi connectivity index (χ1v) is 16.9. The Morgan fingerprint density at radius 2 is 1.91 bits per heavy atom. The molecule has 3 heterocycles. The number of nitrogens with one attached hydrogen (secondary N) is 2. The molecule has 0 spiro atoms. The third-order valence-electron chi connectivity index (χ3n) is 8.81. The van der Waals surface area contributed by atoms with Crippen LogP contribution in [0.1, 0.15) is 44.9 Å². The number of benzene rings is 1. The molecule has 1 aromatic carbocycles. The van der Waals surface area contributed by atoms with Gasteiger partial charge in [-0.15, -0.1) is 0 Å². The summed E-state index contributed by atoms with van der Waals surface area (Å²) < 4.78 is 39.0. The molecule has 240 valence electrons. The number of carbonyl (C=O) groups is 3. The van der Waals surface area contributed by atoms with Crippen LogP contribution in [0.15, 0.2) is 48.6 Å². The minimum atomic E-state index is -3.82. The third kappa shape index (κ3) is 6.60. The van der Waals surface area contributed by atoms with Crippen LogP contribution in [-0.2, 0) is 19.6 Å². The van der Waals surface area contributed by atoms with Gasteiger partial charge in [-0.1, -0.05) is 42.5 Å². The number of fused-ring (bicyclic) bond motifs is 2. The van der Waals surface area contributed by atoms with Crippen LogP contribution < -0.4 is 19.5 Å². The third-order valence-corrected chi connectivity index (χ3v) is 10.6. The number of methoxy groups -OCH3 is 1. The van der Waals surface area contributed by atoms with Gasteiger partial charge in [0.1, 0.15) is 17.7 Å². The molecular weight excluding hydrogens is 600 g/mol. The molecule has 2 saturated carbocycles. The average molecular weight is 639 g/mol. The highest BCUT2D eigenvalue weighted by Gasteiger charge is 2.62. The summed E-state index contributed by atoms with van der Waals surface area (Å²) in [4.78, 5) is 52.8. The van der Waals surface area contributed by atoms with E-state index >= 15 is 0 Å². The number of aromatic nitrogens is 2. The van der Waals surface area contributed by atoms with Crippen LogP contribution in [0, 0.1) is 5.92 Å². The molecule has 14 heteroatoms. The van der Waals surface area contributed by atoms with E-state index in [1.54, 1.807) is 18.0 Å². The van der Waals surface area contributed by atoms with Gasteiger partial charge in [0.25, 0.3) is 5.91 Å². The molecule has 4 amide bonds. The number of amides is 4. The highest BCUT2D eigenvalue weighted by molar-refractivity contribution is 7.91. The van der Waals surface area contributed by atoms with Crippen molar-refractivity contribution in [1.29, 1.82) is 0 Å². The quantitative estimate of drug-likeness (QED) is 0.434. The van der Waals surface area contributed by atoms with E-state index in [9.17, 15) is 22.8 Å². The van der Waals surface area contributed by atoms with Gasteiger partial charge in [-0.2, -0.15) is 9.97 Å². The molecule has 2 aliphatic heterocycles. The summed E-state index contributed by atoms with van der Waals surface area (Å²) in [6.45, 7) is 0.619. The maximum atomic E-state index is 13.9. The van der Waals surface area contributed by atoms with Gasteiger partial charge in [-0.05, 0) is 38.5 Å². The fourth-order valence-corrected chi connectivity index (χ4v) is 7.34. The standard InChI is InChI=1S/C31H38N6O7S/c1-36-15-9-4-3-8-12-21-18-31(21,28(39)35-45(41,42)23-13-14-23)34-27(38)25-16-22(19-37(25)30(36)40)44-26-17-24(32-29(33-26)43-2)20-10-6-5-7-11-20/h5-8,10-12,17,21-23,25H,3-4,9,13-16,18-19H2,1-2H3,(H,34,38)(H,35,39). The molecule has 2 aliphatic carbocycles. The maximum absolute atomic E-state index is 13.9. The first-order valence-electron chi connectivity index (χ1n) is 15.3. The Labute approximate surface area is 262 Å². The molecule has 4 unspecified atom stereocenters. The highest BCUT2D eigenvalue weighted by Crippen LogP contribution is 2.46. The second-order valence-corrected chi connectivity index (χ2v) is 14.1. The molecule has 2 N–H and O–H groups in total. The number of urea groups is 1. The van der Waals surface area contributed by atoms with E-state index < -0.39 is 44.8 Å². The molecule has 45 heavy (non-hydrogen) atoms. The Bertz CT molecular complexity index is 1600. The Kier molecular flexibility index (Phi) is 8.42. The van der Waals surface area contributed by atoms with Crippen molar-refractivity contribution in [3.05, 3.63) is 48.6 Å². The number of sulfonamides is 1. The van der Waals surface area contributed by atoms with Crippen molar-refractivity contribution in [2.75, 3.05) is 27.2 Å². The molecule has 13 nitrogen and oxygen atoms in total. The monoisotopic (exact) mass is 638 g/mol. The van der Waals surface area contributed by atoms with Crippen molar-refractivity contribution < 1.29 is 32.3 Å². The molecule has 4 aliphatic rings. The Morgan fingerprint density at radius 3 is 2.64 bits per heavy atom. The largest absolute Gasteiger partial charge is 0.472 e. The number of nitrogens with zero attached hydrogens (tertiary/aromatic N) is 4. The van der Waals surface area contributed by atoms with Crippen LogP contribution in [0.2, 0.25) is 0 Å². The number of carbonyl (C=O) groups excluding carboxylic acids is 3. The lowest BCUT2D eigenvalue weighted by molar-refractivity contribution is -0.131. The van der Waals surface area contributed by atoms with E-state index in [1.165, 1.54) is 12.0 Å². The summed E-state index contributed by atoms with van der Waals surface area (Å²) in [5.74, 6) is -1.41. The van der Waals surface area contributed by atoms with Crippen LogP contribution in [0.4, 0.5) is 4.79 Å². The van der Waals surface area contributed by atoms with Crippen molar-refractivity contribution >= 4 is 27.9 Å². The van der Waals surface area contributed by atoms with Crippen LogP contribution in [-0.4, -0.2) is 96.2 Å².